The van der Waals surface area contributed by atoms with E-state index in [9.17, 15) is 4.79 Å². The average Bonchev–Trinajstić information content (AvgIpc) is 3.06. The second-order valence-electron chi connectivity index (χ2n) is 7.44. The van der Waals surface area contributed by atoms with Crippen LogP contribution in [0.25, 0.3) is 6.08 Å². The van der Waals surface area contributed by atoms with Crippen LogP contribution in [0.2, 0.25) is 0 Å². The number of halogens is 1. The minimum Gasteiger partial charge on any atom is -0.477 e. The van der Waals surface area contributed by atoms with Gasteiger partial charge in [0.05, 0.1) is 11.3 Å². The van der Waals surface area contributed by atoms with E-state index >= 15 is 0 Å². The molecule has 2 aromatic carbocycles. The minimum absolute atomic E-state index is 0.0966. The summed E-state index contributed by atoms with van der Waals surface area (Å²) in [7, 11) is 0. The second kappa shape index (κ2) is 7.70. The first-order chi connectivity index (χ1) is 14.6. The summed E-state index contributed by atoms with van der Waals surface area (Å²) in [6.07, 6.45) is 3.57. The van der Waals surface area contributed by atoms with Crippen molar-refractivity contribution in [1.82, 2.24) is 9.88 Å². The third kappa shape index (κ3) is 3.53. The number of hydrogen-bond donors (Lipinski definition) is 0. The van der Waals surface area contributed by atoms with E-state index < -0.39 is 0 Å². The van der Waals surface area contributed by atoms with E-state index in [0.717, 1.165) is 32.6 Å². The Kier molecular flexibility index (Phi) is 4.89. The van der Waals surface area contributed by atoms with Crippen LogP contribution in [0.4, 0.5) is 0 Å². The molecule has 0 saturated carbocycles. The molecule has 150 valence electrons. The van der Waals surface area contributed by atoms with Crippen LogP contribution in [0.3, 0.4) is 0 Å². The number of benzene rings is 2. The molecule has 0 aliphatic carbocycles. The van der Waals surface area contributed by atoms with Crippen molar-refractivity contribution in [3.8, 4) is 11.5 Å². The van der Waals surface area contributed by atoms with Crippen LogP contribution >= 0.6 is 15.9 Å². The molecule has 2 aliphatic rings. The number of fused-ring (bicyclic) bond motifs is 2. The van der Waals surface area contributed by atoms with Gasteiger partial charge in [0.2, 0.25) is 5.78 Å². The Morgan fingerprint density at radius 2 is 2.00 bits per heavy atom. The molecule has 30 heavy (non-hydrogen) atoms. The van der Waals surface area contributed by atoms with Crippen molar-refractivity contribution >= 4 is 27.8 Å². The van der Waals surface area contributed by atoms with E-state index in [4.69, 9.17) is 9.47 Å². The molecule has 5 nitrogen and oxygen atoms in total. The quantitative estimate of drug-likeness (QED) is 0.505. The molecule has 0 atom stereocenters. The molecular formula is C24H19BrN2O3. The van der Waals surface area contributed by atoms with Gasteiger partial charge in [-0.05, 0) is 48.9 Å². The highest BCUT2D eigenvalue weighted by Crippen LogP contribution is 2.43. The normalized spacial score (nSPS) is 16.7. The van der Waals surface area contributed by atoms with Gasteiger partial charge < -0.3 is 9.47 Å². The summed E-state index contributed by atoms with van der Waals surface area (Å²) in [5.74, 6) is 1.65. The highest BCUT2D eigenvalue weighted by atomic mass is 79.9. The molecule has 2 aliphatic heterocycles. The number of pyridine rings is 1. The molecule has 0 spiro atoms. The van der Waals surface area contributed by atoms with Gasteiger partial charge >= 0.3 is 0 Å². The standard InChI is InChI=1S/C24H19BrN2O3/c1-15-23-17(12-27(14-29-23)13-19-4-2-3-9-26-19)11-20-22(28)21(30-24(15)20)10-16-5-7-18(25)8-6-16/h2-11H,12-14H2,1H3/b21-10-. The zero-order chi connectivity index (χ0) is 20.7. The number of allylic oxidation sites excluding steroid dienone is 1. The molecule has 0 amide bonds. The number of aromatic nitrogens is 1. The van der Waals surface area contributed by atoms with Crippen molar-refractivity contribution in [2.24, 2.45) is 0 Å². The summed E-state index contributed by atoms with van der Waals surface area (Å²) in [6.45, 7) is 3.80. The SMILES string of the molecule is Cc1c2c(cc3c1O/C(=C\c1ccc(Br)cc1)C3=O)CN(Cc1ccccn1)CO2. The van der Waals surface area contributed by atoms with Gasteiger partial charge in [-0.15, -0.1) is 0 Å². The van der Waals surface area contributed by atoms with Gasteiger partial charge in [-0.25, -0.2) is 0 Å². The highest BCUT2D eigenvalue weighted by Gasteiger charge is 2.33. The maximum atomic E-state index is 13.0. The Bertz CT molecular complexity index is 1160. The van der Waals surface area contributed by atoms with Crippen LogP contribution in [-0.2, 0) is 13.1 Å². The second-order valence-corrected chi connectivity index (χ2v) is 8.36. The van der Waals surface area contributed by atoms with Crippen molar-refractivity contribution in [3.05, 3.63) is 92.9 Å². The predicted molar refractivity (Wildman–Crippen MR) is 117 cm³/mol. The average molecular weight is 463 g/mol. The van der Waals surface area contributed by atoms with Gasteiger partial charge in [-0.1, -0.05) is 34.1 Å². The fourth-order valence-corrected chi connectivity index (χ4v) is 4.09. The maximum Gasteiger partial charge on any atom is 0.231 e. The molecule has 3 heterocycles. The number of rotatable bonds is 3. The molecular weight excluding hydrogens is 444 g/mol. The van der Waals surface area contributed by atoms with E-state index in [1.165, 1.54) is 0 Å². The summed E-state index contributed by atoms with van der Waals surface area (Å²) in [6, 6.07) is 15.5. The van der Waals surface area contributed by atoms with Gasteiger partial charge in [0, 0.05) is 34.9 Å². The van der Waals surface area contributed by atoms with E-state index in [-0.39, 0.29) is 5.78 Å². The van der Waals surface area contributed by atoms with Crippen LogP contribution in [0.15, 0.2) is 65.0 Å². The molecule has 0 fully saturated rings. The summed E-state index contributed by atoms with van der Waals surface area (Å²) >= 11 is 3.43. The molecule has 0 radical (unpaired) electrons. The first kappa shape index (κ1) is 19.0. The number of nitrogens with zero attached hydrogens (tertiary/aromatic N) is 2. The van der Waals surface area contributed by atoms with Crippen molar-refractivity contribution < 1.29 is 14.3 Å². The Balaban J connectivity index is 1.43. The van der Waals surface area contributed by atoms with Crippen molar-refractivity contribution in [1.29, 1.82) is 0 Å². The number of ketones is 1. The molecule has 0 unspecified atom stereocenters. The molecule has 3 aromatic rings. The van der Waals surface area contributed by atoms with Gasteiger partial charge in [0.1, 0.15) is 18.2 Å². The van der Waals surface area contributed by atoms with Gasteiger partial charge in [0.25, 0.3) is 0 Å². The van der Waals surface area contributed by atoms with E-state index in [2.05, 4.69) is 25.8 Å². The number of ether oxygens (including phenoxy) is 2. The Hall–Kier alpha value is -2.96. The zero-order valence-corrected chi connectivity index (χ0v) is 18.0. The molecule has 0 N–H and O–H groups in total. The van der Waals surface area contributed by atoms with E-state index in [1.807, 2.05) is 55.5 Å². The zero-order valence-electron chi connectivity index (χ0n) is 16.4. The molecule has 5 rings (SSSR count). The molecule has 6 heteroatoms. The van der Waals surface area contributed by atoms with Crippen molar-refractivity contribution in [3.63, 3.8) is 0 Å². The van der Waals surface area contributed by atoms with Crippen molar-refractivity contribution in [2.45, 2.75) is 20.0 Å². The fraction of sp³-hybridized carbons (Fsp3) is 0.167. The number of carbonyl (C=O) groups is 1. The van der Waals surface area contributed by atoms with Crippen LogP contribution < -0.4 is 9.47 Å². The van der Waals surface area contributed by atoms with Crippen LogP contribution in [0.5, 0.6) is 11.5 Å². The lowest BCUT2D eigenvalue weighted by molar-refractivity contribution is 0.0865. The number of carbonyl (C=O) groups excluding carboxylic acids is 1. The first-order valence-corrected chi connectivity index (χ1v) is 10.5. The van der Waals surface area contributed by atoms with E-state index in [0.29, 0.717) is 36.9 Å². The fourth-order valence-electron chi connectivity index (χ4n) is 3.83. The van der Waals surface area contributed by atoms with Gasteiger partial charge in [0.15, 0.2) is 5.76 Å². The molecule has 0 saturated heterocycles. The van der Waals surface area contributed by atoms with Crippen LogP contribution in [-0.4, -0.2) is 22.4 Å². The Morgan fingerprint density at radius 3 is 2.77 bits per heavy atom. The number of Topliss-reactive ketones (excluding diaryl/α,β-unsaturated/α-hetero) is 1. The summed E-state index contributed by atoms with van der Waals surface area (Å²) in [5, 5.41) is 0. The van der Waals surface area contributed by atoms with Crippen LogP contribution in [0.1, 0.15) is 32.7 Å². The molecule has 0 bridgehead atoms. The lowest BCUT2D eigenvalue weighted by atomic mass is 10.00. The lowest BCUT2D eigenvalue weighted by Crippen LogP contribution is -2.32. The summed E-state index contributed by atoms with van der Waals surface area (Å²) in [5.41, 5.74) is 4.36. The predicted octanol–water partition coefficient (Wildman–Crippen LogP) is 5.12. The van der Waals surface area contributed by atoms with Gasteiger partial charge in [-0.3, -0.25) is 14.7 Å². The third-order valence-electron chi connectivity index (χ3n) is 5.28. The topological polar surface area (TPSA) is 51.7 Å². The van der Waals surface area contributed by atoms with E-state index in [1.54, 1.807) is 12.3 Å². The van der Waals surface area contributed by atoms with Gasteiger partial charge in [-0.2, -0.15) is 0 Å². The number of hydrogen-bond acceptors (Lipinski definition) is 5. The maximum absolute atomic E-state index is 13.0. The van der Waals surface area contributed by atoms with Crippen molar-refractivity contribution in [2.75, 3.05) is 6.73 Å². The third-order valence-corrected chi connectivity index (χ3v) is 5.81. The largest absolute Gasteiger partial charge is 0.477 e. The summed E-state index contributed by atoms with van der Waals surface area (Å²) in [4.78, 5) is 19.6. The summed E-state index contributed by atoms with van der Waals surface area (Å²) < 4.78 is 13.0. The minimum atomic E-state index is -0.0966. The molecule has 1 aromatic heterocycles. The smallest absolute Gasteiger partial charge is 0.231 e. The Morgan fingerprint density at radius 1 is 1.17 bits per heavy atom. The first-order valence-electron chi connectivity index (χ1n) is 9.70. The van der Waals surface area contributed by atoms with Crippen LogP contribution in [0, 0.1) is 6.92 Å². The Labute approximate surface area is 183 Å². The lowest BCUT2D eigenvalue weighted by Gasteiger charge is -2.30. The monoisotopic (exact) mass is 462 g/mol. The highest BCUT2D eigenvalue weighted by molar-refractivity contribution is 9.10.